The Bertz CT molecular complexity index is 392. The number of thiophene rings is 1. The van der Waals surface area contributed by atoms with Gasteiger partial charge in [-0.05, 0) is 34.2 Å². The number of nitrogens with zero attached hydrogens (tertiary/aromatic N) is 1. The van der Waals surface area contributed by atoms with Gasteiger partial charge < -0.3 is 10.6 Å². The predicted octanol–water partition coefficient (Wildman–Crippen LogP) is 2.30. The lowest BCUT2D eigenvalue weighted by molar-refractivity contribution is -0.133. The van der Waals surface area contributed by atoms with Crippen molar-refractivity contribution in [3.63, 3.8) is 0 Å². The standard InChI is InChI=1S/C13H20N2OS.ClH/c1-13(2)9-15(5-3-11(13)14)12(16)7-10-4-6-17-8-10;/h4,6,8,11H,3,5,7,9,14H2,1-2H3;1H. The molecule has 18 heavy (non-hydrogen) atoms. The summed E-state index contributed by atoms with van der Waals surface area (Å²) in [6, 6.07) is 2.22. The number of halogens is 1. The first-order valence-corrected chi connectivity index (χ1v) is 6.98. The van der Waals surface area contributed by atoms with E-state index in [1.165, 1.54) is 0 Å². The number of hydrogen-bond acceptors (Lipinski definition) is 3. The van der Waals surface area contributed by atoms with Gasteiger partial charge in [-0.3, -0.25) is 4.79 Å². The highest BCUT2D eigenvalue weighted by Gasteiger charge is 2.35. The zero-order valence-electron chi connectivity index (χ0n) is 10.9. The first-order valence-electron chi connectivity index (χ1n) is 6.03. The van der Waals surface area contributed by atoms with Crippen LogP contribution in [0.5, 0.6) is 0 Å². The van der Waals surface area contributed by atoms with Crippen molar-refractivity contribution in [3.8, 4) is 0 Å². The minimum Gasteiger partial charge on any atom is -0.342 e. The van der Waals surface area contributed by atoms with Gasteiger partial charge in [0, 0.05) is 19.1 Å². The van der Waals surface area contributed by atoms with Gasteiger partial charge in [-0.15, -0.1) is 12.4 Å². The Balaban J connectivity index is 0.00000162. The molecule has 1 unspecified atom stereocenters. The van der Waals surface area contributed by atoms with E-state index in [1.807, 2.05) is 21.7 Å². The summed E-state index contributed by atoms with van der Waals surface area (Å²) in [5.74, 6) is 0.225. The Hall–Kier alpha value is -0.580. The van der Waals surface area contributed by atoms with Crippen molar-refractivity contribution in [1.82, 2.24) is 4.90 Å². The molecule has 2 heterocycles. The maximum absolute atomic E-state index is 12.1. The molecular formula is C13H21ClN2OS. The van der Waals surface area contributed by atoms with Crippen LogP contribution in [-0.4, -0.2) is 29.9 Å². The molecule has 1 saturated heterocycles. The average molecular weight is 289 g/mol. The summed E-state index contributed by atoms with van der Waals surface area (Å²) in [6.07, 6.45) is 1.43. The van der Waals surface area contributed by atoms with Gasteiger partial charge in [-0.1, -0.05) is 13.8 Å². The van der Waals surface area contributed by atoms with Crippen molar-refractivity contribution in [2.45, 2.75) is 32.7 Å². The molecule has 1 amide bonds. The number of carbonyl (C=O) groups is 1. The second-order valence-corrected chi connectivity index (χ2v) is 6.29. The van der Waals surface area contributed by atoms with Crippen LogP contribution < -0.4 is 5.73 Å². The summed E-state index contributed by atoms with van der Waals surface area (Å²) in [4.78, 5) is 14.1. The molecule has 2 rings (SSSR count). The SMILES string of the molecule is CC1(C)CN(C(=O)Cc2ccsc2)CCC1N.Cl. The zero-order valence-corrected chi connectivity index (χ0v) is 12.5. The highest BCUT2D eigenvalue weighted by molar-refractivity contribution is 7.07. The number of likely N-dealkylation sites (tertiary alicyclic amines) is 1. The molecule has 1 aromatic rings. The Kier molecular flexibility index (Phi) is 5.20. The maximum Gasteiger partial charge on any atom is 0.227 e. The van der Waals surface area contributed by atoms with E-state index < -0.39 is 0 Å². The van der Waals surface area contributed by atoms with Crippen molar-refractivity contribution in [1.29, 1.82) is 0 Å². The summed E-state index contributed by atoms with van der Waals surface area (Å²) in [5, 5.41) is 4.05. The van der Waals surface area contributed by atoms with Crippen molar-refractivity contribution in [3.05, 3.63) is 22.4 Å². The smallest absolute Gasteiger partial charge is 0.227 e. The van der Waals surface area contributed by atoms with E-state index in [2.05, 4.69) is 13.8 Å². The summed E-state index contributed by atoms with van der Waals surface area (Å²) >= 11 is 1.64. The molecule has 1 aromatic heterocycles. The minimum atomic E-state index is 0. The minimum absolute atomic E-state index is 0. The van der Waals surface area contributed by atoms with Crippen molar-refractivity contribution < 1.29 is 4.79 Å². The molecular weight excluding hydrogens is 268 g/mol. The van der Waals surface area contributed by atoms with E-state index in [4.69, 9.17) is 5.73 Å². The summed E-state index contributed by atoms with van der Waals surface area (Å²) in [6.45, 7) is 5.86. The molecule has 0 aromatic carbocycles. The van der Waals surface area contributed by atoms with Crippen LogP contribution in [0.1, 0.15) is 25.8 Å². The van der Waals surface area contributed by atoms with Crippen LogP contribution in [0.2, 0.25) is 0 Å². The van der Waals surface area contributed by atoms with Crippen molar-refractivity contribution in [2.75, 3.05) is 13.1 Å². The Morgan fingerprint density at radius 2 is 2.33 bits per heavy atom. The van der Waals surface area contributed by atoms with Crippen LogP contribution in [0.25, 0.3) is 0 Å². The largest absolute Gasteiger partial charge is 0.342 e. The molecule has 102 valence electrons. The second-order valence-electron chi connectivity index (χ2n) is 5.51. The van der Waals surface area contributed by atoms with Crippen LogP contribution in [-0.2, 0) is 11.2 Å². The van der Waals surface area contributed by atoms with Gasteiger partial charge in [-0.2, -0.15) is 11.3 Å². The predicted molar refractivity (Wildman–Crippen MR) is 78.2 cm³/mol. The molecule has 3 nitrogen and oxygen atoms in total. The topological polar surface area (TPSA) is 46.3 Å². The van der Waals surface area contributed by atoms with Gasteiger partial charge in [0.1, 0.15) is 0 Å². The van der Waals surface area contributed by atoms with Crippen molar-refractivity contribution in [2.24, 2.45) is 11.1 Å². The summed E-state index contributed by atoms with van der Waals surface area (Å²) in [7, 11) is 0. The fraction of sp³-hybridized carbons (Fsp3) is 0.615. The molecule has 1 aliphatic rings. The Labute approximate surface area is 119 Å². The first-order chi connectivity index (χ1) is 7.99. The number of rotatable bonds is 2. The van der Waals surface area contributed by atoms with Crippen LogP contribution >= 0.6 is 23.7 Å². The number of carbonyl (C=O) groups excluding carboxylic acids is 1. The molecule has 5 heteroatoms. The molecule has 1 fully saturated rings. The summed E-state index contributed by atoms with van der Waals surface area (Å²) in [5.41, 5.74) is 7.22. The third kappa shape index (κ3) is 3.46. The highest BCUT2D eigenvalue weighted by Crippen LogP contribution is 2.28. The normalized spacial score (nSPS) is 22.4. The molecule has 1 atom stereocenters. The highest BCUT2D eigenvalue weighted by atomic mass is 35.5. The van der Waals surface area contributed by atoms with Crippen LogP contribution in [0.4, 0.5) is 0 Å². The first kappa shape index (κ1) is 15.5. The van der Waals surface area contributed by atoms with Gasteiger partial charge >= 0.3 is 0 Å². The molecule has 2 N–H and O–H groups in total. The Morgan fingerprint density at radius 3 is 2.89 bits per heavy atom. The van der Waals surface area contributed by atoms with Crippen LogP contribution in [0.3, 0.4) is 0 Å². The fourth-order valence-corrected chi connectivity index (χ4v) is 2.94. The van der Waals surface area contributed by atoms with Gasteiger partial charge in [0.15, 0.2) is 0 Å². The lowest BCUT2D eigenvalue weighted by Gasteiger charge is -2.42. The van der Waals surface area contributed by atoms with E-state index in [0.29, 0.717) is 6.42 Å². The molecule has 0 aliphatic carbocycles. The van der Waals surface area contributed by atoms with Crippen LogP contribution in [0, 0.1) is 5.41 Å². The molecule has 0 spiro atoms. The number of piperidine rings is 1. The summed E-state index contributed by atoms with van der Waals surface area (Å²) < 4.78 is 0. The lowest BCUT2D eigenvalue weighted by Crippen LogP contribution is -2.54. The molecule has 0 radical (unpaired) electrons. The second kappa shape index (κ2) is 6.04. The Morgan fingerprint density at radius 1 is 1.61 bits per heavy atom. The monoisotopic (exact) mass is 288 g/mol. The van der Waals surface area contributed by atoms with E-state index in [-0.39, 0.29) is 29.8 Å². The van der Waals surface area contributed by atoms with Gasteiger partial charge in [0.2, 0.25) is 5.91 Å². The average Bonchev–Trinajstić information content (AvgIpc) is 2.74. The quantitative estimate of drug-likeness (QED) is 0.908. The number of nitrogens with two attached hydrogens (primary N) is 1. The number of hydrogen-bond donors (Lipinski definition) is 1. The molecule has 1 aliphatic heterocycles. The fourth-order valence-electron chi connectivity index (χ4n) is 2.27. The zero-order chi connectivity index (χ0) is 12.5. The molecule has 0 bridgehead atoms. The van der Waals surface area contributed by atoms with E-state index in [0.717, 1.165) is 25.1 Å². The number of amides is 1. The lowest BCUT2D eigenvalue weighted by atomic mass is 9.79. The third-order valence-corrected chi connectivity index (χ3v) is 4.33. The van der Waals surface area contributed by atoms with E-state index in [9.17, 15) is 4.79 Å². The van der Waals surface area contributed by atoms with Gasteiger partial charge in [0.05, 0.1) is 6.42 Å². The van der Waals surface area contributed by atoms with Gasteiger partial charge in [-0.25, -0.2) is 0 Å². The van der Waals surface area contributed by atoms with Crippen LogP contribution in [0.15, 0.2) is 16.8 Å². The third-order valence-electron chi connectivity index (χ3n) is 3.60. The maximum atomic E-state index is 12.1. The van der Waals surface area contributed by atoms with Gasteiger partial charge in [0.25, 0.3) is 0 Å². The van der Waals surface area contributed by atoms with E-state index in [1.54, 1.807) is 11.3 Å². The molecule has 0 saturated carbocycles. The van der Waals surface area contributed by atoms with E-state index >= 15 is 0 Å². The van der Waals surface area contributed by atoms with Crippen molar-refractivity contribution >= 4 is 29.7 Å².